The Kier molecular flexibility index (Phi) is 3.07. The molecule has 12 heavy (non-hydrogen) atoms. The third-order valence-electron chi connectivity index (χ3n) is 3.26. The average molecular weight is 189 g/mol. The molecule has 1 aliphatic heterocycles. The lowest BCUT2D eigenvalue weighted by Crippen LogP contribution is -2.61. The molecule has 0 aromatic heterocycles. The first-order chi connectivity index (χ1) is 5.58. The van der Waals surface area contributed by atoms with E-state index in [9.17, 15) is 5.11 Å². The van der Waals surface area contributed by atoms with Gasteiger partial charge < -0.3 is 10.4 Å². The number of hydrogen-bond acceptors (Lipinski definition) is 3. The summed E-state index contributed by atoms with van der Waals surface area (Å²) in [6.07, 6.45) is 1.18. The van der Waals surface area contributed by atoms with Crippen molar-refractivity contribution in [1.29, 1.82) is 0 Å². The lowest BCUT2D eigenvalue weighted by atomic mass is 9.71. The van der Waals surface area contributed by atoms with E-state index in [4.69, 9.17) is 0 Å². The average Bonchev–Trinajstić information content (AvgIpc) is 2.05. The van der Waals surface area contributed by atoms with Crippen LogP contribution in [0, 0.1) is 5.41 Å². The molecule has 1 aliphatic rings. The molecular formula is C9H19NOS. The quantitative estimate of drug-likeness (QED) is 0.682. The molecule has 1 atom stereocenters. The predicted octanol–water partition coefficient (Wildman–Crippen LogP) is 1.10. The molecule has 0 aliphatic carbocycles. The zero-order chi connectivity index (χ0) is 9.24. The van der Waals surface area contributed by atoms with Gasteiger partial charge in [-0.05, 0) is 24.6 Å². The molecule has 0 spiro atoms. The lowest BCUT2D eigenvalue weighted by Gasteiger charge is -2.48. The minimum Gasteiger partial charge on any atom is -0.394 e. The highest BCUT2D eigenvalue weighted by molar-refractivity contribution is 7.99. The lowest BCUT2D eigenvalue weighted by molar-refractivity contribution is 0.0671. The monoisotopic (exact) mass is 189 g/mol. The van der Waals surface area contributed by atoms with E-state index in [0.29, 0.717) is 0 Å². The second kappa shape index (κ2) is 3.56. The number of likely N-dealkylation sites (N-methyl/N-ethyl adjacent to an activating group) is 1. The van der Waals surface area contributed by atoms with Crippen molar-refractivity contribution in [3.8, 4) is 0 Å². The normalized spacial score (nSPS) is 35.0. The van der Waals surface area contributed by atoms with Crippen molar-refractivity contribution in [3.63, 3.8) is 0 Å². The zero-order valence-electron chi connectivity index (χ0n) is 8.18. The molecule has 0 aromatic carbocycles. The highest BCUT2D eigenvalue weighted by Gasteiger charge is 2.45. The number of hydrogen-bond donors (Lipinski definition) is 2. The number of nitrogens with one attached hydrogen (secondary N) is 1. The van der Waals surface area contributed by atoms with Gasteiger partial charge in [0, 0.05) is 5.75 Å². The van der Waals surface area contributed by atoms with Crippen molar-refractivity contribution in [2.45, 2.75) is 25.8 Å². The first kappa shape index (κ1) is 10.4. The Labute approximate surface area is 79.1 Å². The maximum atomic E-state index is 9.40. The Morgan fingerprint density at radius 2 is 2.17 bits per heavy atom. The van der Waals surface area contributed by atoms with Gasteiger partial charge in [0.25, 0.3) is 0 Å². The minimum atomic E-state index is -0.0735. The molecule has 0 saturated carbocycles. The summed E-state index contributed by atoms with van der Waals surface area (Å²) < 4.78 is 0. The summed E-state index contributed by atoms with van der Waals surface area (Å²) in [5.41, 5.74) is 0.137. The van der Waals surface area contributed by atoms with Crippen LogP contribution in [0.5, 0.6) is 0 Å². The van der Waals surface area contributed by atoms with Crippen LogP contribution >= 0.6 is 11.8 Å². The standard InChI is InChI=1S/C9H19NOS/c1-8(2)4-5-12-7-9(8,6-11)10-3/h10-11H,4-7H2,1-3H3. The molecule has 1 unspecified atom stereocenters. The minimum absolute atomic E-state index is 0.0735. The first-order valence-corrected chi connectivity index (χ1v) is 5.61. The number of rotatable bonds is 2. The molecule has 1 saturated heterocycles. The van der Waals surface area contributed by atoms with Crippen molar-refractivity contribution in [2.75, 3.05) is 25.2 Å². The van der Waals surface area contributed by atoms with Crippen molar-refractivity contribution in [1.82, 2.24) is 5.32 Å². The van der Waals surface area contributed by atoms with Gasteiger partial charge in [-0.3, -0.25) is 0 Å². The van der Waals surface area contributed by atoms with Crippen LogP contribution in [-0.2, 0) is 0 Å². The van der Waals surface area contributed by atoms with E-state index in [1.54, 1.807) is 0 Å². The summed E-state index contributed by atoms with van der Waals surface area (Å²) in [5, 5.41) is 12.7. The fourth-order valence-corrected chi connectivity index (χ4v) is 3.53. The Hall–Kier alpha value is 0.270. The molecule has 2 nitrogen and oxygen atoms in total. The fraction of sp³-hybridized carbons (Fsp3) is 1.00. The van der Waals surface area contributed by atoms with Gasteiger partial charge in [0.2, 0.25) is 0 Å². The van der Waals surface area contributed by atoms with Gasteiger partial charge in [-0.25, -0.2) is 0 Å². The molecule has 0 amide bonds. The number of aliphatic hydroxyl groups excluding tert-OH is 1. The Bertz CT molecular complexity index is 155. The molecule has 72 valence electrons. The maximum absolute atomic E-state index is 9.40. The van der Waals surface area contributed by atoms with Gasteiger partial charge in [0.1, 0.15) is 0 Å². The summed E-state index contributed by atoms with van der Waals surface area (Å²) in [6.45, 7) is 4.71. The predicted molar refractivity (Wildman–Crippen MR) is 54.6 cm³/mol. The number of thioether (sulfide) groups is 1. The highest BCUT2D eigenvalue weighted by Crippen LogP contribution is 2.41. The van der Waals surface area contributed by atoms with Gasteiger partial charge in [-0.15, -0.1) is 0 Å². The van der Waals surface area contributed by atoms with Crippen molar-refractivity contribution < 1.29 is 5.11 Å². The van der Waals surface area contributed by atoms with Crippen LogP contribution in [0.25, 0.3) is 0 Å². The fourth-order valence-electron chi connectivity index (χ4n) is 1.76. The van der Waals surface area contributed by atoms with Gasteiger partial charge in [0.15, 0.2) is 0 Å². The van der Waals surface area contributed by atoms with Crippen LogP contribution < -0.4 is 5.32 Å². The molecule has 0 radical (unpaired) electrons. The van der Waals surface area contributed by atoms with E-state index in [1.807, 2.05) is 18.8 Å². The van der Waals surface area contributed by atoms with Crippen LogP contribution in [0.1, 0.15) is 20.3 Å². The zero-order valence-corrected chi connectivity index (χ0v) is 9.00. The summed E-state index contributed by atoms with van der Waals surface area (Å²) >= 11 is 1.93. The van der Waals surface area contributed by atoms with Crippen molar-refractivity contribution in [2.24, 2.45) is 5.41 Å². The Morgan fingerprint density at radius 3 is 2.50 bits per heavy atom. The Balaban J connectivity index is 2.81. The van der Waals surface area contributed by atoms with Gasteiger partial charge in [0.05, 0.1) is 12.1 Å². The summed E-state index contributed by atoms with van der Waals surface area (Å²) in [4.78, 5) is 0. The third kappa shape index (κ3) is 1.50. The van der Waals surface area contributed by atoms with Crippen LogP contribution in [-0.4, -0.2) is 35.8 Å². The van der Waals surface area contributed by atoms with E-state index in [0.717, 1.165) is 5.75 Å². The molecule has 1 heterocycles. The molecule has 1 rings (SSSR count). The molecule has 0 bridgehead atoms. The largest absolute Gasteiger partial charge is 0.394 e. The molecule has 0 aromatic rings. The topological polar surface area (TPSA) is 32.3 Å². The van der Waals surface area contributed by atoms with Crippen LogP contribution in [0.2, 0.25) is 0 Å². The SMILES string of the molecule is CNC1(CO)CSCCC1(C)C. The summed E-state index contributed by atoms with van der Waals surface area (Å²) in [6, 6.07) is 0. The van der Waals surface area contributed by atoms with E-state index < -0.39 is 0 Å². The second-order valence-electron chi connectivity index (χ2n) is 4.18. The highest BCUT2D eigenvalue weighted by atomic mass is 32.2. The van der Waals surface area contributed by atoms with Gasteiger partial charge in [-0.1, -0.05) is 13.8 Å². The van der Waals surface area contributed by atoms with E-state index in [2.05, 4.69) is 19.2 Å². The van der Waals surface area contributed by atoms with E-state index in [1.165, 1.54) is 12.2 Å². The second-order valence-corrected chi connectivity index (χ2v) is 5.28. The van der Waals surface area contributed by atoms with Gasteiger partial charge in [-0.2, -0.15) is 11.8 Å². The van der Waals surface area contributed by atoms with Gasteiger partial charge >= 0.3 is 0 Å². The van der Waals surface area contributed by atoms with E-state index >= 15 is 0 Å². The third-order valence-corrected chi connectivity index (χ3v) is 4.45. The van der Waals surface area contributed by atoms with Crippen LogP contribution in [0.15, 0.2) is 0 Å². The van der Waals surface area contributed by atoms with E-state index in [-0.39, 0.29) is 17.6 Å². The molecule has 1 fully saturated rings. The maximum Gasteiger partial charge on any atom is 0.0626 e. The number of aliphatic hydroxyl groups is 1. The molecule has 3 heteroatoms. The summed E-state index contributed by atoms with van der Waals surface area (Å²) in [5.74, 6) is 2.24. The Morgan fingerprint density at radius 1 is 1.50 bits per heavy atom. The first-order valence-electron chi connectivity index (χ1n) is 4.45. The van der Waals surface area contributed by atoms with Crippen molar-refractivity contribution in [3.05, 3.63) is 0 Å². The van der Waals surface area contributed by atoms with Crippen LogP contribution in [0.3, 0.4) is 0 Å². The molecular weight excluding hydrogens is 170 g/mol. The van der Waals surface area contributed by atoms with Crippen LogP contribution in [0.4, 0.5) is 0 Å². The summed E-state index contributed by atoms with van der Waals surface area (Å²) in [7, 11) is 1.95. The van der Waals surface area contributed by atoms with Crippen molar-refractivity contribution >= 4 is 11.8 Å². The molecule has 2 N–H and O–H groups in total. The smallest absolute Gasteiger partial charge is 0.0626 e.